The van der Waals surface area contributed by atoms with Gasteiger partial charge in [-0.15, -0.1) is 0 Å². The normalized spacial score (nSPS) is 10.2. The molecule has 0 bridgehead atoms. The molecule has 17 heavy (non-hydrogen) atoms. The molecule has 1 aromatic carbocycles. The van der Waals surface area contributed by atoms with Gasteiger partial charge in [-0.05, 0) is 31.0 Å². The Hall–Kier alpha value is -1.55. The number of anilines is 1. The van der Waals surface area contributed by atoms with Crippen molar-refractivity contribution in [1.82, 2.24) is 5.32 Å². The summed E-state index contributed by atoms with van der Waals surface area (Å²) in [6, 6.07) is 7.51. The Kier molecular flexibility index (Phi) is 6.10. The lowest BCUT2D eigenvalue weighted by atomic mass is 10.2. The van der Waals surface area contributed by atoms with Gasteiger partial charge in [-0.3, -0.25) is 4.79 Å². The first-order chi connectivity index (χ1) is 8.22. The first-order valence-corrected chi connectivity index (χ1v) is 5.91. The Morgan fingerprint density at radius 3 is 3.00 bits per heavy atom. The Morgan fingerprint density at radius 2 is 2.29 bits per heavy atom. The molecule has 1 amide bonds. The van der Waals surface area contributed by atoms with Crippen LogP contribution in [0, 0.1) is 0 Å². The maximum Gasteiger partial charge on any atom is 0.220 e. The summed E-state index contributed by atoms with van der Waals surface area (Å²) >= 11 is 0. The third-order valence-corrected chi connectivity index (χ3v) is 2.34. The maximum absolute atomic E-state index is 11.5. The summed E-state index contributed by atoms with van der Waals surface area (Å²) in [5, 5.41) is 2.85. The van der Waals surface area contributed by atoms with E-state index in [1.165, 1.54) is 0 Å². The molecule has 0 fully saturated rings. The summed E-state index contributed by atoms with van der Waals surface area (Å²) in [7, 11) is 0. The van der Waals surface area contributed by atoms with E-state index in [2.05, 4.69) is 5.32 Å². The van der Waals surface area contributed by atoms with E-state index in [1.807, 2.05) is 31.2 Å². The smallest absolute Gasteiger partial charge is 0.220 e. The van der Waals surface area contributed by atoms with Gasteiger partial charge >= 0.3 is 0 Å². The summed E-state index contributed by atoms with van der Waals surface area (Å²) in [5.74, 6) is 0.0483. The lowest BCUT2D eigenvalue weighted by molar-refractivity contribution is -0.121. The molecule has 0 aromatic heterocycles. The summed E-state index contributed by atoms with van der Waals surface area (Å²) in [4.78, 5) is 11.5. The molecule has 0 radical (unpaired) electrons. The largest absolute Gasteiger partial charge is 0.399 e. The Labute approximate surface area is 102 Å². The molecular weight excluding hydrogens is 216 g/mol. The molecule has 0 aliphatic rings. The molecule has 0 heterocycles. The van der Waals surface area contributed by atoms with Crippen molar-refractivity contribution in [2.24, 2.45) is 0 Å². The van der Waals surface area contributed by atoms with Crippen molar-refractivity contribution in [3.8, 4) is 0 Å². The van der Waals surface area contributed by atoms with E-state index in [1.54, 1.807) is 0 Å². The number of rotatable bonds is 7. The van der Waals surface area contributed by atoms with Gasteiger partial charge in [-0.25, -0.2) is 0 Å². The minimum absolute atomic E-state index is 0.0483. The molecule has 1 rings (SSSR count). The number of nitrogens with one attached hydrogen (secondary N) is 1. The molecule has 0 aliphatic carbocycles. The highest BCUT2D eigenvalue weighted by Crippen LogP contribution is 2.05. The van der Waals surface area contributed by atoms with Gasteiger partial charge < -0.3 is 15.8 Å². The fourth-order valence-corrected chi connectivity index (χ4v) is 1.47. The molecule has 4 nitrogen and oxygen atoms in total. The predicted octanol–water partition coefficient (Wildman–Crippen LogP) is 1.70. The van der Waals surface area contributed by atoms with Crippen LogP contribution in [0.1, 0.15) is 25.3 Å². The van der Waals surface area contributed by atoms with Gasteiger partial charge in [0.2, 0.25) is 5.91 Å². The highest BCUT2D eigenvalue weighted by Gasteiger charge is 2.01. The lowest BCUT2D eigenvalue weighted by Gasteiger charge is -2.06. The fraction of sp³-hybridized carbons (Fsp3) is 0.462. The van der Waals surface area contributed by atoms with E-state index >= 15 is 0 Å². The third kappa shape index (κ3) is 5.92. The van der Waals surface area contributed by atoms with Crippen LogP contribution in [0.2, 0.25) is 0 Å². The molecule has 94 valence electrons. The van der Waals surface area contributed by atoms with Gasteiger partial charge in [0.15, 0.2) is 0 Å². The van der Waals surface area contributed by atoms with Crippen LogP contribution in [-0.2, 0) is 16.1 Å². The molecule has 0 spiro atoms. The van der Waals surface area contributed by atoms with Crippen molar-refractivity contribution in [3.05, 3.63) is 29.8 Å². The van der Waals surface area contributed by atoms with Crippen molar-refractivity contribution in [1.29, 1.82) is 0 Å². The molecule has 0 saturated carbocycles. The maximum atomic E-state index is 11.5. The number of hydrogen-bond acceptors (Lipinski definition) is 3. The van der Waals surface area contributed by atoms with E-state index in [-0.39, 0.29) is 5.91 Å². The zero-order chi connectivity index (χ0) is 12.5. The summed E-state index contributed by atoms with van der Waals surface area (Å²) in [6.07, 6.45) is 1.26. The Morgan fingerprint density at radius 1 is 1.47 bits per heavy atom. The van der Waals surface area contributed by atoms with Crippen LogP contribution in [0.15, 0.2) is 24.3 Å². The van der Waals surface area contributed by atoms with Gasteiger partial charge in [-0.1, -0.05) is 12.1 Å². The van der Waals surface area contributed by atoms with Crippen molar-refractivity contribution in [3.63, 3.8) is 0 Å². The first kappa shape index (κ1) is 13.5. The second-order valence-corrected chi connectivity index (χ2v) is 3.82. The van der Waals surface area contributed by atoms with Gasteiger partial charge in [-0.2, -0.15) is 0 Å². The number of carbonyl (C=O) groups excluding carboxylic acids is 1. The molecule has 0 atom stereocenters. The number of carbonyl (C=O) groups is 1. The third-order valence-electron chi connectivity index (χ3n) is 2.34. The van der Waals surface area contributed by atoms with Crippen LogP contribution in [-0.4, -0.2) is 19.1 Å². The average molecular weight is 236 g/mol. The van der Waals surface area contributed by atoms with Crippen LogP contribution in [0.25, 0.3) is 0 Å². The summed E-state index contributed by atoms with van der Waals surface area (Å²) < 4.78 is 5.17. The van der Waals surface area contributed by atoms with E-state index < -0.39 is 0 Å². The van der Waals surface area contributed by atoms with Crippen LogP contribution < -0.4 is 11.1 Å². The zero-order valence-electron chi connectivity index (χ0n) is 10.2. The van der Waals surface area contributed by atoms with Crippen molar-refractivity contribution >= 4 is 11.6 Å². The number of nitrogens with two attached hydrogens (primary N) is 1. The zero-order valence-corrected chi connectivity index (χ0v) is 10.2. The minimum atomic E-state index is 0.0483. The van der Waals surface area contributed by atoms with Crippen LogP contribution >= 0.6 is 0 Å². The molecule has 3 N–H and O–H groups in total. The number of benzene rings is 1. The van der Waals surface area contributed by atoms with Gasteiger partial charge in [0.25, 0.3) is 0 Å². The SMILES string of the molecule is CCOCCCC(=O)NCc1cccc(N)c1. The second kappa shape index (κ2) is 7.68. The summed E-state index contributed by atoms with van der Waals surface area (Å²) in [6.45, 7) is 3.81. The Bertz CT molecular complexity index is 353. The van der Waals surface area contributed by atoms with Crippen molar-refractivity contribution < 1.29 is 9.53 Å². The fourth-order valence-electron chi connectivity index (χ4n) is 1.47. The number of nitrogen functional groups attached to an aromatic ring is 1. The summed E-state index contributed by atoms with van der Waals surface area (Å²) in [5.41, 5.74) is 7.38. The molecule has 0 aliphatic heterocycles. The van der Waals surface area contributed by atoms with E-state index in [9.17, 15) is 4.79 Å². The molecule has 1 aromatic rings. The average Bonchev–Trinajstić information content (AvgIpc) is 2.32. The lowest BCUT2D eigenvalue weighted by Crippen LogP contribution is -2.22. The molecule has 4 heteroatoms. The van der Waals surface area contributed by atoms with Crippen molar-refractivity contribution in [2.45, 2.75) is 26.3 Å². The van der Waals surface area contributed by atoms with Crippen LogP contribution in [0.5, 0.6) is 0 Å². The number of hydrogen-bond donors (Lipinski definition) is 2. The highest BCUT2D eigenvalue weighted by molar-refractivity contribution is 5.75. The highest BCUT2D eigenvalue weighted by atomic mass is 16.5. The first-order valence-electron chi connectivity index (χ1n) is 5.91. The van der Waals surface area contributed by atoms with Gasteiger partial charge in [0.1, 0.15) is 0 Å². The minimum Gasteiger partial charge on any atom is -0.399 e. The van der Waals surface area contributed by atoms with Crippen molar-refractivity contribution in [2.75, 3.05) is 18.9 Å². The molecule has 0 unspecified atom stereocenters. The molecule has 0 saturated heterocycles. The molecular formula is C13H20N2O2. The van der Waals surface area contributed by atoms with E-state index in [0.29, 0.717) is 31.9 Å². The van der Waals surface area contributed by atoms with E-state index in [0.717, 1.165) is 12.0 Å². The monoisotopic (exact) mass is 236 g/mol. The van der Waals surface area contributed by atoms with Crippen LogP contribution in [0.4, 0.5) is 5.69 Å². The number of ether oxygens (including phenoxy) is 1. The van der Waals surface area contributed by atoms with Gasteiger partial charge in [0.05, 0.1) is 0 Å². The standard InChI is InChI=1S/C13H20N2O2/c1-2-17-8-4-7-13(16)15-10-11-5-3-6-12(14)9-11/h3,5-6,9H,2,4,7-8,10,14H2,1H3,(H,15,16). The Balaban J connectivity index is 2.19. The topological polar surface area (TPSA) is 64.3 Å². The second-order valence-electron chi connectivity index (χ2n) is 3.82. The number of amides is 1. The van der Waals surface area contributed by atoms with Crippen LogP contribution in [0.3, 0.4) is 0 Å². The van der Waals surface area contributed by atoms with Gasteiger partial charge in [0, 0.05) is 31.9 Å². The quantitative estimate of drug-likeness (QED) is 0.559. The van der Waals surface area contributed by atoms with E-state index in [4.69, 9.17) is 10.5 Å². The predicted molar refractivity (Wildman–Crippen MR) is 68.4 cm³/mol.